The van der Waals surface area contributed by atoms with Crippen LogP contribution in [0.3, 0.4) is 0 Å². The van der Waals surface area contributed by atoms with Gasteiger partial charge in [0, 0.05) is 28.6 Å². The SMILES string of the molecule is COc1cc2c3cc(OC(=O)c4cccnc4)ccc3c3nc4ccccc4cc3c2cc1OC. The van der Waals surface area contributed by atoms with E-state index in [0.717, 1.165) is 43.4 Å². The molecule has 0 amide bonds. The number of hydrogen-bond donors (Lipinski definition) is 0. The van der Waals surface area contributed by atoms with Crippen LogP contribution in [0.5, 0.6) is 17.2 Å². The first kappa shape index (κ1) is 20.9. The smallest absolute Gasteiger partial charge is 0.345 e. The van der Waals surface area contributed by atoms with Crippen molar-refractivity contribution >= 4 is 49.3 Å². The molecule has 0 saturated carbocycles. The molecule has 6 rings (SSSR count). The van der Waals surface area contributed by atoms with Gasteiger partial charge in [0.2, 0.25) is 0 Å². The molecule has 0 aliphatic rings. The highest BCUT2D eigenvalue weighted by atomic mass is 16.5. The van der Waals surface area contributed by atoms with E-state index in [0.29, 0.717) is 22.8 Å². The van der Waals surface area contributed by atoms with Gasteiger partial charge < -0.3 is 14.2 Å². The fourth-order valence-corrected chi connectivity index (χ4v) is 4.52. The van der Waals surface area contributed by atoms with E-state index in [4.69, 9.17) is 19.2 Å². The number of aromatic nitrogens is 2. The fourth-order valence-electron chi connectivity index (χ4n) is 4.52. The average molecular weight is 460 g/mol. The van der Waals surface area contributed by atoms with Crippen LogP contribution in [0.2, 0.25) is 0 Å². The third-order valence-corrected chi connectivity index (χ3v) is 6.18. The molecule has 6 nitrogen and oxygen atoms in total. The van der Waals surface area contributed by atoms with Gasteiger partial charge in [-0.1, -0.05) is 18.2 Å². The van der Waals surface area contributed by atoms with Crippen LogP contribution in [0.15, 0.2) is 85.2 Å². The van der Waals surface area contributed by atoms with Crippen molar-refractivity contribution in [2.24, 2.45) is 0 Å². The summed E-state index contributed by atoms with van der Waals surface area (Å²) in [5, 5.41) is 5.82. The van der Waals surface area contributed by atoms with Gasteiger partial charge in [-0.25, -0.2) is 9.78 Å². The molecule has 0 fully saturated rings. The van der Waals surface area contributed by atoms with Crippen LogP contribution in [0.4, 0.5) is 0 Å². The van der Waals surface area contributed by atoms with Gasteiger partial charge in [0.05, 0.1) is 30.8 Å². The molecule has 0 saturated heterocycles. The summed E-state index contributed by atoms with van der Waals surface area (Å²) in [4.78, 5) is 21.6. The number of benzene rings is 4. The quantitative estimate of drug-likeness (QED) is 0.133. The first-order valence-corrected chi connectivity index (χ1v) is 11.1. The van der Waals surface area contributed by atoms with Crippen LogP contribution in [-0.2, 0) is 0 Å². The summed E-state index contributed by atoms with van der Waals surface area (Å²) < 4.78 is 16.9. The Labute approximate surface area is 200 Å². The van der Waals surface area contributed by atoms with Crippen LogP contribution >= 0.6 is 0 Å². The molecule has 0 aliphatic carbocycles. The molecule has 0 spiro atoms. The van der Waals surface area contributed by atoms with E-state index in [1.807, 2.05) is 42.5 Å². The van der Waals surface area contributed by atoms with E-state index < -0.39 is 5.97 Å². The lowest BCUT2D eigenvalue weighted by molar-refractivity contribution is 0.0734. The van der Waals surface area contributed by atoms with E-state index in [1.165, 1.54) is 6.20 Å². The van der Waals surface area contributed by atoms with Crippen molar-refractivity contribution in [1.82, 2.24) is 9.97 Å². The van der Waals surface area contributed by atoms with Crippen LogP contribution in [0, 0.1) is 0 Å². The molecule has 0 radical (unpaired) electrons. The molecule has 6 aromatic rings. The highest BCUT2D eigenvalue weighted by Gasteiger charge is 2.17. The molecule has 0 atom stereocenters. The van der Waals surface area contributed by atoms with Gasteiger partial charge in [-0.05, 0) is 70.8 Å². The summed E-state index contributed by atoms with van der Waals surface area (Å²) in [5.74, 6) is 1.22. The number of carbonyl (C=O) groups excluding carboxylic acids is 1. The number of pyridine rings is 2. The zero-order valence-corrected chi connectivity index (χ0v) is 19.1. The Bertz CT molecular complexity index is 1760. The molecular weight excluding hydrogens is 440 g/mol. The van der Waals surface area contributed by atoms with E-state index >= 15 is 0 Å². The molecule has 170 valence electrons. The summed E-state index contributed by atoms with van der Waals surface area (Å²) in [6.45, 7) is 0. The largest absolute Gasteiger partial charge is 0.493 e. The lowest BCUT2D eigenvalue weighted by Crippen LogP contribution is -2.08. The maximum absolute atomic E-state index is 12.6. The number of ether oxygens (including phenoxy) is 3. The fraction of sp³-hybridized carbons (Fsp3) is 0.0690. The second kappa shape index (κ2) is 8.25. The van der Waals surface area contributed by atoms with Crippen LogP contribution in [-0.4, -0.2) is 30.2 Å². The summed E-state index contributed by atoms with van der Waals surface area (Å²) in [6, 6.07) is 23.1. The Morgan fingerprint density at radius 2 is 1.49 bits per heavy atom. The van der Waals surface area contributed by atoms with Crippen molar-refractivity contribution in [3.8, 4) is 17.2 Å². The lowest BCUT2D eigenvalue weighted by atomic mass is 9.95. The second-order valence-electron chi connectivity index (χ2n) is 8.17. The molecule has 0 unspecified atom stereocenters. The second-order valence-corrected chi connectivity index (χ2v) is 8.17. The molecule has 2 aromatic heterocycles. The predicted molar refractivity (Wildman–Crippen MR) is 137 cm³/mol. The van der Waals surface area contributed by atoms with Gasteiger partial charge in [0.15, 0.2) is 11.5 Å². The van der Waals surface area contributed by atoms with Gasteiger partial charge in [-0.3, -0.25) is 4.98 Å². The van der Waals surface area contributed by atoms with Gasteiger partial charge >= 0.3 is 5.97 Å². The number of nitrogens with zero attached hydrogens (tertiary/aromatic N) is 2. The van der Waals surface area contributed by atoms with E-state index in [9.17, 15) is 4.79 Å². The number of fused-ring (bicyclic) bond motifs is 7. The van der Waals surface area contributed by atoms with E-state index in [-0.39, 0.29) is 0 Å². The maximum Gasteiger partial charge on any atom is 0.345 e. The first-order valence-electron chi connectivity index (χ1n) is 11.1. The minimum Gasteiger partial charge on any atom is -0.493 e. The van der Waals surface area contributed by atoms with E-state index in [1.54, 1.807) is 38.6 Å². The topological polar surface area (TPSA) is 70.5 Å². The van der Waals surface area contributed by atoms with Crippen LogP contribution < -0.4 is 14.2 Å². The monoisotopic (exact) mass is 460 g/mol. The number of carbonyl (C=O) groups is 1. The minimum atomic E-state index is -0.467. The molecule has 2 heterocycles. The summed E-state index contributed by atoms with van der Waals surface area (Å²) in [6.07, 6.45) is 3.10. The van der Waals surface area contributed by atoms with Crippen molar-refractivity contribution in [3.63, 3.8) is 0 Å². The maximum atomic E-state index is 12.6. The Morgan fingerprint density at radius 3 is 2.23 bits per heavy atom. The van der Waals surface area contributed by atoms with E-state index in [2.05, 4.69) is 17.1 Å². The number of methoxy groups -OCH3 is 2. The number of esters is 1. The van der Waals surface area contributed by atoms with Crippen molar-refractivity contribution in [3.05, 3.63) is 90.8 Å². The number of rotatable bonds is 4. The normalized spacial score (nSPS) is 11.3. The average Bonchev–Trinajstić information content (AvgIpc) is 2.91. The molecule has 6 heteroatoms. The van der Waals surface area contributed by atoms with Gasteiger partial charge in [-0.2, -0.15) is 0 Å². The summed E-state index contributed by atoms with van der Waals surface area (Å²) in [7, 11) is 3.24. The summed E-state index contributed by atoms with van der Waals surface area (Å²) >= 11 is 0. The summed E-state index contributed by atoms with van der Waals surface area (Å²) in [5.41, 5.74) is 2.16. The predicted octanol–water partition coefficient (Wildman–Crippen LogP) is 6.33. The van der Waals surface area contributed by atoms with Gasteiger partial charge in [-0.15, -0.1) is 0 Å². The molecule has 0 bridgehead atoms. The van der Waals surface area contributed by atoms with Gasteiger partial charge in [0.1, 0.15) is 5.75 Å². The highest BCUT2D eigenvalue weighted by molar-refractivity contribution is 6.26. The Balaban J connectivity index is 1.65. The van der Waals surface area contributed by atoms with Crippen molar-refractivity contribution in [2.45, 2.75) is 0 Å². The zero-order valence-electron chi connectivity index (χ0n) is 19.1. The van der Waals surface area contributed by atoms with Crippen molar-refractivity contribution in [1.29, 1.82) is 0 Å². The molecule has 4 aromatic carbocycles. The van der Waals surface area contributed by atoms with Gasteiger partial charge in [0.25, 0.3) is 0 Å². The lowest BCUT2D eigenvalue weighted by Gasteiger charge is -2.15. The first-order chi connectivity index (χ1) is 17.2. The zero-order chi connectivity index (χ0) is 23.9. The molecule has 0 N–H and O–H groups in total. The molecule has 35 heavy (non-hydrogen) atoms. The molecule has 0 aliphatic heterocycles. The van der Waals surface area contributed by atoms with Crippen molar-refractivity contribution in [2.75, 3.05) is 14.2 Å². The standard InChI is InChI=1S/C29H20N2O4/c1-33-26-14-22-21-13-19(35-29(32)18-7-5-11-30-16-18)9-10-20(21)28-24(23(22)15-27(26)34-2)12-17-6-3-4-8-25(17)31-28/h3-16H,1-2H3. The van der Waals surface area contributed by atoms with Crippen LogP contribution in [0.1, 0.15) is 10.4 Å². The number of hydrogen-bond acceptors (Lipinski definition) is 6. The number of para-hydroxylation sites is 1. The Kier molecular flexibility index (Phi) is 4.92. The third-order valence-electron chi connectivity index (χ3n) is 6.18. The Hall–Kier alpha value is -4.71. The molecular formula is C29H20N2O4. The van der Waals surface area contributed by atoms with Crippen molar-refractivity contribution < 1.29 is 19.0 Å². The van der Waals surface area contributed by atoms with Crippen LogP contribution in [0.25, 0.3) is 43.4 Å². The highest BCUT2D eigenvalue weighted by Crippen LogP contribution is 2.42. The Morgan fingerprint density at radius 1 is 0.743 bits per heavy atom. The third kappa shape index (κ3) is 3.47. The minimum absolute atomic E-state index is 0.385.